The van der Waals surface area contributed by atoms with Crippen molar-refractivity contribution in [3.8, 4) is 11.1 Å². The smallest absolute Gasteiger partial charge is 0.150 e. The third-order valence-electron chi connectivity index (χ3n) is 2.69. The number of carbonyl (C=O) groups excluding carboxylic acids is 1. The van der Waals surface area contributed by atoms with Crippen molar-refractivity contribution in [3.05, 3.63) is 40.7 Å². The standard InChI is InChI=1S/C13H13ClN2O/c1-3-16-7-12(9(2)15-16)11-5-4-10(8-17)6-13(11)14/h4-8H,3H2,1-2H3. The lowest BCUT2D eigenvalue weighted by Gasteiger charge is -2.03. The Kier molecular flexibility index (Phi) is 3.29. The van der Waals surface area contributed by atoms with Gasteiger partial charge in [-0.2, -0.15) is 5.10 Å². The van der Waals surface area contributed by atoms with Crippen LogP contribution in [0.5, 0.6) is 0 Å². The number of aldehydes is 1. The molecule has 0 aliphatic heterocycles. The minimum absolute atomic E-state index is 0.577. The van der Waals surface area contributed by atoms with Gasteiger partial charge in [0.2, 0.25) is 0 Å². The highest BCUT2D eigenvalue weighted by Crippen LogP contribution is 2.30. The van der Waals surface area contributed by atoms with Crippen molar-refractivity contribution in [2.24, 2.45) is 0 Å². The van der Waals surface area contributed by atoms with Gasteiger partial charge in [0.25, 0.3) is 0 Å². The van der Waals surface area contributed by atoms with Crippen LogP contribution in [0.15, 0.2) is 24.4 Å². The van der Waals surface area contributed by atoms with Crippen LogP contribution < -0.4 is 0 Å². The van der Waals surface area contributed by atoms with Crippen LogP contribution in [0.4, 0.5) is 0 Å². The van der Waals surface area contributed by atoms with E-state index in [4.69, 9.17) is 11.6 Å². The molecule has 0 fully saturated rings. The normalized spacial score (nSPS) is 10.5. The Bertz CT molecular complexity index is 561. The summed E-state index contributed by atoms with van der Waals surface area (Å²) >= 11 is 6.17. The molecule has 0 aliphatic carbocycles. The molecule has 0 saturated carbocycles. The Balaban J connectivity index is 2.52. The molecule has 0 saturated heterocycles. The quantitative estimate of drug-likeness (QED) is 0.781. The van der Waals surface area contributed by atoms with Gasteiger partial charge in [0.15, 0.2) is 0 Å². The topological polar surface area (TPSA) is 34.9 Å². The van der Waals surface area contributed by atoms with Gasteiger partial charge >= 0.3 is 0 Å². The molecule has 4 heteroatoms. The van der Waals surface area contributed by atoms with Gasteiger partial charge in [-0.1, -0.05) is 23.7 Å². The number of nitrogens with zero attached hydrogens (tertiary/aromatic N) is 2. The Morgan fingerprint density at radius 2 is 2.18 bits per heavy atom. The molecule has 88 valence electrons. The van der Waals surface area contributed by atoms with Gasteiger partial charge in [0, 0.05) is 34.5 Å². The molecule has 0 radical (unpaired) electrons. The maximum atomic E-state index is 10.6. The Morgan fingerprint density at radius 3 is 2.71 bits per heavy atom. The van der Waals surface area contributed by atoms with Crippen molar-refractivity contribution in [1.82, 2.24) is 9.78 Å². The number of aryl methyl sites for hydroxylation is 2. The molecule has 3 nitrogen and oxygen atoms in total. The SMILES string of the molecule is CCn1cc(-c2ccc(C=O)cc2Cl)c(C)n1. The van der Waals surface area contributed by atoms with E-state index in [1.807, 2.05) is 30.8 Å². The maximum absolute atomic E-state index is 10.6. The van der Waals surface area contributed by atoms with Crippen LogP contribution in [0.3, 0.4) is 0 Å². The zero-order valence-corrected chi connectivity index (χ0v) is 10.5. The van der Waals surface area contributed by atoms with E-state index in [2.05, 4.69) is 5.10 Å². The summed E-state index contributed by atoms with van der Waals surface area (Å²) in [4.78, 5) is 10.6. The highest BCUT2D eigenvalue weighted by molar-refractivity contribution is 6.33. The predicted octanol–water partition coefficient (Wildman–Crippen LogP) is 3.34. The van der Waals surface area contributed by atoms with E-state index in [0.717, 1.165) is 29.7 Å². The van der Waals surface area contributed by atoms with Gasteiger partial charge in [-0.15, -0.1) is 0 Å². The molecule has 2 rings (SSSR count). The number of aromatic nitrogens is 2. The van der Waals surface area contributed by atoms with Crippen molar-refractivity contribution in [3.63, 3.8) is 0 Å². The summed E-state index contributed by atoms with van der Waals surface area (Å²) in [6.45, 7) is 4.81. The van der Waals surface area contributed by atoms with E-state index in [1.54, 1.807) is 12.1 Å². The number of benzene rings is 1. The number of hydrogen-bond donors (Lipinski definition) is 0. The van der Waals surface area contributed by atoms with E-state index in [-0.39, 0.29) is 0 Å². The molecule has 2 aromatic rings. The Hall–Kier alpha value is -1.61. The second kappa shape index (κ2) is 4.72. The molecule has 1 aromatic carbocycles. The summed E-state index contributed by atoms with van der Waals surface area (Å²) in [6, 6.07) is 5.29. The molecular formula is C13H13ClN2O. The van der Waals surface area contributed by atoms with Crippen LogP contribution in [0.2, 0.25) is 5.02 Å². The second-order valence-electron chi connectivity index (χ2n) is 3.84. The van der Waals surface area contributed by atoms with Gasteiger partial charge in [0.05, 0.1) is 5.69 Å². The van der Waals surface area contributed by atoms with Crippen molar-refractivity contribution >= 4 is 17.9 Å². The summed E-state index contributed by atoms with van der Waals surface area (Å²) in [6.07, 6.45) is 2.76. The highest BCUT2D eigenvalue weighted by atomic mass is 35.5. The Labute approximate surface area is 105 Å². The largest absolute Gasteiger partial charge is 0.298 e. The van der Waals surface area contributed by atoms with Crippen LogP contribution in [-0.4, -0.2) is 16.1 Å². The third-order valence-corrected chi connectivity index (χ3v) is 3.00. The third kappa shape index (κ3) is 2.24. The summed E-state index contributed by atoms with van der Waals surface area (Å²) in [5.41, 5.74) is 3.44. The number of hydrogen-bond acceptors (Lipinski definition) is 2. The molecule has 0 bridgehead atoms. The van der Waals surface area contributed by atoms with Crippen LogP contribution in [-0.2, 0) is 6.54 Å². The summed E-state index contributed by atoms with van der Waals surface area (Å²) in [7, 11) is 0. The molecule has 0 atom stereocenters. The van der Waals surface area contributed by atoms with Gasteiger partial charge < -0.3 is 0 Å². The summed E-state index contributed by atoms with van der Waals surface area (Å²) < 4.78 is 1.87. The lowest BCUT2D eigenvalue weighted by molar-refractivity contribution is 0.112. The fourth-order valence-electron chi connectivity index (χ4n) is 1.77. The molecule has 0 unspecified atom stereocenters. The van der Waals surface area contributed by atoms with E-state index >= 15 is 0 Å². The lowest BCUT2D eigenvalue weighted by Crippen LogP contribution is -1.93. The molecule has 0 amide bonds. The number of rotatable bonds is 3. The van der Waals surface area contributed by atoms with Crippen LogP contribution in [0, 0.1) is 6.92 Å². The van der Waals surface area contributed by atoms with Gasteiger partial charge in [-0.3, -0.25) is 9.48 Å². The average Bonchev–Trinajstić information content (AvgIpc) is 2.70. The molecule has 17 heavy (non-hydrogen) atoms. The van der Waals surface area contributed by atoms with Crippen molar-refractivity contribution < 1.29 is 4.79 Å². The molecule has 0 N–H and O–H groups in total. The van der Waals surface area contributed by atoms with Crippen LogP contribution in [0.1, 0.15) is 23.0 Å². The summed E-state index contributed by atoms with van der Waals surface area (Å²) in [5, 5.41) is 4.95. The van der Waals surface area contributed by atoms with E-state index in [9.17, 15) is 4.79 Å². The van der Waals surface area contributed by atoms with Crippen molar-refractivity contribution in [1.29, 1.82) is 0 Å². The monoisotopic (exact) mass is 248 g/mol. The zero-order valence-electron chi connectivity index (χ0n) is 9.77. The second-order valence-corrected chi connectivity index (χ2v) is 4.25. The van der Waals surface area contributed by atoms with E-state index in [0.29, 0.717) is 10.6 Å². The molecule has 1 heterocycles. The van der Waals surface area contributed by atoms with Crippen LogP contribution >= 0.6 is 11.6 Å². The minimum atomic E-state index is 0.577. The average molecular weight is 249 g/mol. The Morgan fingerprint density at radius 1 is 1.41 bits per heavy atom. The number of carbonyl (C=O) groups is 1. The van der Waals surface area contributed by atoms with Gasteiger partial charge in [-0.25, -0.2) is 0 Å². The molecular weight excluding hydrogens is 236 g/mol. The van der Waals surface area contributed by atoms with Crippen LogP contribution in [0.25, 0.3) is 11.1 Å². The maximum Gasteiger partial charge on any atom is 0.150 e. The van der Waals surface area contributed by atoms with Crippen molar-refractivity contribution in [2.45, 2.75) is 20.4 Å². The zero-order chi connectivity index (χ0) is 12.4. The lowest BCUT2D eigenvalue weighted by atomic mass is 10.1. The molecule has 1 aromatic heterocycles. The summed E-state index contributed by atoms with van der Waals surface area (Å²) in [5.74, 6) is 0. The molecule has 0 spiro atoms. The first-order chi connectivity index (χ1) is 8.15. The van der Waals surface area contributed by atoms with Gasteiger partial charge in [-0.05, 0) is 19.9 Å². The minimum Gasteiger partial charge on any atom is -0.298 e. The fraction of sp³-hybridized carbons (Fsp3) is 0.231. The van der Waals surface area contributed by atoms with Gasteiger partial charge in [0.1, 0.15) is 6.29 Å². The first kappa shape index (κ1) is 11.9. The first-order valence-electron chi connectivity index (χ1n) is 5.45. The first-order valence-corrected chi connectivity index (χ1v) is 5.82. The number of halogens is 1. The van der Waals surface area contributed by atoms with Crippen molar-refractivity contribution in [2.75, 3.05) is 0 Å². The highest BCUT2D eigenvalue weighted by Gasteiger charge is 2.10. The van der Waals surface area contributed by atoms with E-state index in [1.165, 1.54) is 0 Å². The predicted molar refractivity (Wildman–Crippen MR) is 68.5 cm³/mol. The van der Waals surface area contributed by atoms with E-state index < -0.39 is 0 Å². The molecule has 0 aliphatic rings. The fourth-order valence-corrected chi connectivity index (χ4v) is 2.06.